The van der Waals surface area contributed by atoms with Crippen LogP contribution in [-0.2, 0) is 26.2 Å². The average molecular weight is 579 g/mol. The molecule has 1 N–H and O–H groups in total. The highest BCUT2D eigenvalue weighted by Gasteiger charge is 2.31. The summed E-state index contributed by atoms with van der Waals surface area (Å²) in [4.78, 5) is 27.5. The van der Waals surface area contributed by atoms with Crippen LogP contribution < -0.4 is 9.62 Å². The Morgan fingerprint density at radius 3 is 2.30 bits per heavy atom. The molecule has 33 heavy (non-hydrogen) atoms. The summed E-state index contributed by atoms with van der Waals surface area (Å²) in [6.45, 7) is 4.82. The zero-order chi connectivity index (χ0) is 24.9. The summed E-state index contributed by atoms with van der Waals surface area (Å²) in [5, 5.41) is 3.22. The summed E-state index contributed by atoms with van der Waals surface area (Å²) in [6, 6.07) is 10.7. The molecule has 180 valence electrons. The van der Waals surface area contributed by atoms with Crippen molar-refractivity contribution in [2.24, 2.45) is 0 Å². The lowest BCUT2D eigenvalue weighted by atomic mass is 10.1. The number of hydrogen-bond acceptors (Lipinski definition) is 4. The Morgan fingerprint density at radius 2 is 1.76 bits per heavy atom. The van der Waals surface area contributed by atoms with E-state index in [1.54, 1.807) is 6.92 Å². The third-order valence-corrected chi connectivity index (χ3v) is 6.86. The van der Waals surface area contributed by atoms with E-state index in [2.05, 4.69) is 21.2 Å². The molecule has 0 fully saturated rings. The number of benzene rings is 2. The number of hydrogen-bond donors (Lipinski definition) is 1. The molecule has 11 heteroatoms. The lowest BCUT2D eigenvalue weighted by Gasteiger charge is -2.32. The second-order valence-corrected chi connectivity index (χ2v) is 11.5. The minimum Gasteiger partial charge on any atom is -0.352 e. The van der Waals surface area contributed by atoms with Crippen molar-refractivity contribution in [3.8, 4) is 0 Å². The van der Waals surface area contributed by atoms with Crippen LogP contribution in [0.2, 0.25) is 10.0 Å². The maximum atomic E-state index is 13.4. The Morgan fingerprint density at radius 1 is 1.09 bits per heavy atom. The van der Waals surface area contributed by atoms with Gasteiger partial charge in [0.05, 0.1) is 17.0 Å². The molecular formula is C22H26BrCl2N3O4S. The highest BCUT2D eigenvalue weighted by molar-refractivity contribution is 9.10. The molecule has 0 radical (unpaired) electrons. The van der Waals surface area contributed by atoms with Gasteiger partial charge in [-0.1, -0.05) is 51.3 Å². The highest BCUT2D eigenvalue weighted by Crippen LogP contribution is 2.30. The molecule has 0 aliphatic heterocycles. The van der Waals surface area contributed by atoms with Crippen LogP contribution in [0.4, 0.5) is 5.69 Å². The monoisotopic (exact) mass is 577 g/mol. The first-order valence-corrected chi connectivity index (χ1v) is 13.5. The van der Waals surface area contributed by atoms with Gasteiger partial charge in [0.1, 0.15) is 12.6 Å². The van der Waals surface area contributed by atoms with Gasteiger partial charge in [0.25, 0.3) is 0 Å². The summed E-state index contributed by atoms with van der Waals surface area (Å²) in [6.07, 6.45) is 0.985. The van der Waals surface area contributed by atoms with E-state index in [9.17, 15) is 18.0 Å². The number of anilines is 1. The summed E-state index contributed by atoms with van der Waals surface area (Å²) in [5.74, 6) is -0.901. The van der Waals surface area contributed by atoms with Gasteiger partial charge in [-0.2, -0.15) is 0 Å². The average Bonchev–Trinajstić information content (AvgIpc) is 2.69. The predicted octanol–water partition coefficient (Wildman–Crippen LogP) is 4.46. The molecular weight excluding hydrogens is 553 g/mol. The van der Waals surface area contributed by atoms with Crippen molar-refractivity contribution in [3.05, 3.63) is 62.5 Å². The lowest BCUT2D eigenvalue weighted by Crippen LogP contribution is -2.52. The number of carbonyl (C=O) groups excluding carboxylic acids is 2. The molecule has 0 saturated carbocycles. The van der Waals surface area contributed by atoms with Crippen LogP contribution in [-0.4, -0.2) is 50.0 Å². The fourth-order valence-electron chi connectivity index (χ4n) is 3.10. The van der Waals surface area contributed by atoms with E-state index in [1.807, 2.05) is 38.1 Å². The van der Waals surface area contributed by atoms with Gasteiger partial charge >= 0.3 is 0 Å². The molecule has 0 aliphatic carbocycles. The highest BCUT2D eigenvalue weighted by atomic mass is 79.9. The second-order valence-electron chi connectivity index (χ2n) is 7.86. The summed E-state index contributed by atoms with van der Waals surface area (Å²) in [5.41, 5.74) is 0.899. The van der Waals surface area contributed by atoms with Gasteiger partial charge in [0.2, 0.25) is 21.8 Å². The Balaban J connectivity index is 2.42. The lowest BCUT2D eigenvalue weighted by molar-refractivity contribution is -0.139. The van der Waals surface area contributed by atoms with Gasteiger partial charge in [-0.05, 0) is 56.7 Å². The van der Waals surface area contributed by atoms with E-state index in [0.717, 1.165) is 20.6 Å². The third-order valence-electron chi connectivity index (χ3n) is 4.70. The fraction of sp³-hybridized carbons (Fsp3) is 0.364. The topological polar surface area (TPSA) is 86.8 Å². The fourth-order valence-corrected chi connectivity index (χ4v) is 4.97. The van der Waals surface area contributed by atoms with Gasteiger partial charge in [-0.3, -0.25) is 13.9 Å². The summed E-state index contributed by atoms with van der Waals surface area (Å²) >= 11 is 15.6. The Bertz CT molecular complexity index is 1130. The number of halogens is 3. The van der Waals surface area contributed by atoms with Crippen molar-refractivity contribution >= 4 is 66.7 Å². The van der Waals surface area contributed by atoms with Crippen molar-refractivity contribution in [1.29, 1.82) is 0 Å². The quantitative estimate of drug-likeness (QED) is 0.476. The van der Waals surface area contributed by atoms with Gasteiger partial charge in [-0.25, -0.2) is 8.42 Å². The molecule has 0 spiro atoms. The van der Waals surface area contributed by atoms with Crippen molar-refractivity contribution in [3.63, 3.8) is 0 Å². The van der Waals surface area contributed by atoms with Crippen molar-refractivity contribution in [2.45, 2.75) is 39.4 Å². The number of sulfonamides is 1. The van der Waals surface area contributed by atoms with E-state index in [4.69, 9.17) is 23.2 Å². The van der Waals surface area contributed by atoms with Crippen LogP contribution in [0, 0.1) is 0 Å². The van der Waals surface area contributed by atoms with E-state index in [0.29, 0.717) is 5.02 Å². The first kappa shape index (κ1) is 27.4. The maximum absolute atomic E-state index is 13.4. The number of nitrogens with one attached hydrogen (secondary N) is 1. The number of nitrogens with zero attached hydrogens (tertiary/aromatic N) is 2. The van der Waals surface area contributed by atoms with Crippen LogP contribution >= 0.6 is 39.1 Å². The smallest absolute Gasteiger partial charge is 0.244 e. The van der Waals surface area contributed by atoms with Gasteiger partial charge < -0.3 is 10.2 Å². The van der Waals surface area contributed by atoms with Crippen LogP contribution in [0.15, 0.2) is 46.9 Å². The van der Waals surface area contributed by atoms with Gasteiger partial charge in [-0.15, -0.1) is 0 Å². The molecule has 2 aromatic carbocycles. The Kier molecular flexibility index (Phi) is 9.60. The minimum atomic E-state index is -3.88. The summed E-state index contributed by atoms with van der Waals surface area (Å²) in [7, 11) is -3.88. The van der Waals surface area contributed by atoms with Crippen LogP contribution in [0.3, 0.4) is 0 Å². The molecule has 2 aromatic rings. The largest absolute Gasteiger partial charge is 0.352 e. The normalized spacial score (nSPS) is 12.4. The van der Waals surface area contributed by atoms with Crippen molar-refractivity contribution < 1.29 is 18.0 Å². The van der Waals surface area contributed by atoms with E-state index in [1.165, 1.54) is 23.1 Å². The molecule has 0 aromatic heterocycles. The van der Waals surface area contributed by atoms with Crippen LogP contribution in [0.1, 0.15) is 26.3 Å². The number of carbonyl (C=O) groups is 2. The standard InChI is InChI=1S/C22H26BrCl2N3O4S/c1-14(2)26-22(30)15(3)27(12-16-6-5-7-17(23)10-16)21(29)13-28(33(4,31)32)20-9-8-18(24)11-19(20)25/h5-11,14-15H,12-13H2,1-4H3,(H,26,30). The predicted molar refractivity (Wildman–Crippen MR) is 136 cm³/mol. The molecule has 7 nitrogen and oxygen atoms in total. The number of rotatable bonds is 9. The van der Waals surface area contributed by atoms with E-state index in [-0.39, 0.29) is 29.2 Å². The molecule has 2 rings (SSSR count). The zero-order valence-corrected chi connectivity index (χ0v) is 22.6. The van der Waals surface area contributed by atoms with Gasteiger partial charge in [0, 0.05) is 22.1 Å². The first-order valence-electron chi connectivity index (χ1n) is 10.1. The molecule has 2 amide bonds. The molecule has 0 bridgehead atoms. The van der Waals surface area contributed by atoms with Gasteiger partial charge in [0.15, 0.2) is 0 Å². The number of amides is 2. The summed E-state index contributed by atoms with van der Waals surface area (Å²) < 4.78 is 26.8. The van der Waals surface area contributed by atoms with Crippen LogP contribution in [0.5, 0.6) is 0 Å². The third kappa shape index (κ3) is 7.88. The van der Waals surface area contributed by atoms with E-state index < -0.39 is 28.5 Å². The molecule has 1 unspecified atom stereocenters. The van der Waals surface area contributed by atoms with E-state index >= 15 is 0 Å². The van der Waals surface area contributed by atoms with Crippen molar-refractivity contribution in [2.75, 3.05) is 17.1 Å². The zero-order valence-electron chi connectivity index (χ0n) is 18.7. The molecule has 1 atom stereocenters. The first-order chi connectivity index (χ1) is 15.3. The molecule has 0 saturated heterocycles. The minimum absolute atomic E-state index is 0.0878. The Hall–Kier alpha value is -1.81. The maximum Gasteiger partial charge on any atom is 0.244 e. The SMILES string of the molecule is CC(C)NC(=O)C(C)N(Cc1cccc(Br)c1)C(=O)CN(c1ccc(Cl)cc1Cl)S(C)(=O)=O. The Labute approximate surface area is 213 Å². The molecule has 0 aliphatic rings. The second kappa shape index (κ2) is 11.6. The van der Waals surface area contributed by atoms with Crippen molar-refractivity contribution in [1.82, 2.24) is 10.2 Å². The van der Waals surface area contributed by atoms with Crippen LogP contribution in [0.25, 0.3) is 0 Å². The molecule has 0 heterocycles.